The van der Waals surface area contributed by atoms with Crippen LogP contribution >= 0.6 is 34.5 Å². The first-order chi connectivity index (χ1) is 9.74. The van der Waals surface area contributed by atoms with Crippen LogP contribution in [0.3, 0.4) is 0 Å². The smallest absolute Gasteiger partial charge is 0.183 e. The van der Waals surface area contributed by atoms with Gasteiger partial charge in [-0.1, -0.05) is 29.3 Å². The number of halogens is 2. The summed E-state index contributed by atoms with van der Waals surface area (Å²) in [5.41, 5.74) is 1.74. The summed E-state index contributed by atoms with van der Waals surface area (Å²) in [6, 6.07) is 7.56. The van der Waals surface area contributed by atoms with Gasteiger partial charge >= 0.3 is 0 Å². The molecule has 0 aliphatic heterocycles. The molecule has 0 saturated heterocycles. The van der Waals surface area contributed by atoms with E-state index in [0.29, 0.717) is 16.0 Å². The van der Waals surface area contributed by atoms with Crippen LogP contribution in [0.5, 0.6) is 0 Å². The molecule has 0 spiro atoms. The van der Waals surface area contributed by atoms with Crippen LogP contribution in [0, 0.1) is 0 Å². The van der Waals surface area contributed by atoms with E-state index in [2.05, 4.69) is 15.4 Å². The summed E-state index contributed by atoms with van der Waals surface area (Å²) in [7, 11) is 0. The van der Waals surface area contributed by atoms with E-state index in [4.69, 9.17) is 23.2 Å². The average Bonchev–Trinajstić information content (AvgIpc) is 3.08. The number of anilines is 1. The summed E-state index contributed by atoms with van der Waals surface area (Å²) in [6.07, 6.45) is 5.34. The predicted octanol–water partition coefficient (Wildman–Crippen LogP) is 4.25. The van der Waals surface area contributed by atoms with Gasteiger partial charge in [-0.15, -0.1) is 11.3 Å². The second-order valence-electron chi connectivity index (χ2n) is 4.02. The molecular weight excluding hydrogens is 315 g/mol. The van der Waals surface area contributed by atoms with Gasteiger partial charge in [-0.25, -0.2) is 9.67 Å². The van der Waals surface area contributed by atoms with E-state index >= 15 is 0 Å². The fraction of sp³-hybridized carbons (Fsp3) is 0.0769. The van der Waals surface area contributed by atoms with Crippen LogP contribution in [-0.4, -0.2) is 14.8 Å². The maximum atomic E-state index is 6.28. The molecule has 0 unspecified atom stereocenters. The third-order valence-electron chi connectivity index (χ3n) is 2.70. The lowest BCUT2D eigenvalue weighted by atomic mass is 10.2. The largest absolute Gasteiger partial charge is 0.378 e. The number of aromatic nitrogens is 3. The lowest BCUT2D eigenvalue weighted by molar-refractivity contribution is 0.880. The van der Waals surface area contributed by atoms with Crippen molar-refractivity contribution in [3.05, 3.63) is 57.2 Å². The molecule has 20 heavy (non-hydrogen) atoms. The molecule has 3 rings (SSSR count). The van der Waals surface area contributed by atoms with Crippen molar-refractivity contribution < 1.29 is 0 Å². The highest BCUT2D eigenvalue weighted by atomic mass is 35.5. The Hall–Kier alpha value is -1.56. The van der Waals surface area contributed by atoms with Gasteiger partial charge < -0.3 is 5.32 Å². The molecule has 4 nitrogen and oxygen atoms in total. The van der Waals surface area contributed by atoms with Crippen molar-refractivity contribution in [1.29, 1.82) is 0 Å². The molecule has 2 aromatic heterocycles. The summed E-state index contributed by atoms with van der Waals surface area (Å²) in [5, 5.41) is 8.21. The van der Waals surface area contributed by atoms with Crippen molar-refractivity contribution in [3.63, 3.8) is 0 Å². The van der Waals surface area contributed by atoms with E-state index in [1.54, 1.807) is 17.1 Å². The van der Waals surface area contributed by atoms with E-state index in [0.717, 1.165) is 16.3 Å². The Balaban J connectivity index is 1.88. The summed E-state index contributed by atoms with van der Waals surface area (Å²) in [4.78, 5) is 5.08. The standard InChI is InChI=1S/C13H10Cl2N4S/c14-10-3-1-4-11(12(10)19-6-2-5-18-19)16-7-9-8-17-13(15)20-9/h1-6,8,16H,7H2. The molecule has 0 radical (unpaired) electrons. The first-order valence-electron chi connectivity index (χ1n) is 5.86. The summed E-state index contributed by atoms with van der Waals surface area (Å²) in [6.45, 7) is 0.638. The highest BCUT2D eigenvalue weighted by Crippen LogP contribution is 2.29. The van der Waals surface area contributed by atoms with Gasteiger partial charge in [0.15, 0.2) is 4.47 Å². The minimum atomic E-state index is 0.542. The van der Waals surface area contributed by atoms with Crippen molar-refractivity contribution in [3.8, 4) is 5.69 Å². The molecule has 1 aromatic carbocycles. The van der Waals surface area contributed by atoms with Gasteiger partial charge in [0.1, 0.15) is 5.69 Å². The number of hydrogen-bond donors (Lipinski definition) is 1. The van der Waals surface area contributed by atoms with E-state index in [1.165, 1.54) is 11.3 Å². The molecule has 0 saturated carbocycles. The summed E-state index contributed by atoms with van der Waals surface area (Å²) >= 11 is 13.6. The molecule has 0 aliphatic carbocycles. The van der Waals surface area contributed by atoms with E-state index in [1.807, 2.05) is 30.5 Å². The highest BCUT2D eigenvalue weighted by Gasteiger charge is 2.10. The predicted molar refractivity (Wildman–Crippen MR) is 83.0 cm³/mol. The first kappa shape index (κ1) is 13.4. The fourth-order valence-electron chi connectivity index (χ4n) is 1.84. The van der Waals surface area contributed by atoms with Crippen LogP contribution in [0.15, 0.2) is 42.9 Å². The zero-order valence-electron chi connectivity index (χ0n) is 10.3. The van der Waals surface area contributed by atoms with E-state index in [9.17, 15) is 0 Å². The summed E-state index contributed by atoms with van der Waals surface area (Å²) < 4.78 is 2.28. The number of para-hydroxylation sites is 1. The van der Waals surface area contributed by atoms with Crippen LogP contribution in [0.1, 0.15) is 4.88 Å². The van der Waals surface area contributed by atoms with Gasteiger partial charge in [0.05, 0.1) is 17.3 Å². The van der Waals surface area contributed by atoms with Gasteiger partial charge in [0, 0.05) is 23.5 Å². The zero-order valence-corrected chi connectivity index (χ0v) is 12.6. The molecule has 0 amide bonds. The van der Waals surface area contributed by atoms with Crippen LogP contribution in [0.2, 0.25) is 9.49 Å². The van der Waals surface area contributed by atoms with Crippen LogP contribution < -0.4 is 5.32 Å². The average molecular weight is 325 g/mol. The van der Waals surface area contributed by atoms with E-state index in [-0.39, 0.29) is 0 Å². The Morgan fingerprint density at radius 3 is 2.85 bits per heavy atom. The number of rotatable bonds is 4. The molecule has 0 atom stereocenters. The lowest BCUT2D eigenvalue weighted by Gasteiger charge is -2.12. The Morgan fingerprint density at radius 2 is 2.15 bits per heavy atom. The minimum absolute atomic E-state index is 0.542. The zero-order chi connectivity index (χ0) is 13.9. The Bertz CT molecular complexity index is 709. The van der Waals surface area contributed by atoms with E-state index < -0.39 is 0 Å². The number of hydrogen-bond acceptors (Lipinski definition) is 4. The van der Waals surface area contributed by atoms with Crippen molar-refractivity contribution in [2.24, 2.45) is 0 Å². The quantitative estimate of drug-likeness (QED) is 0.780. The lowest BCUT2D eigenvalue weighted by Crippen LogP contribution is -2.04. The Morgan fingerprint density at radius 1 is 1.25 bits per heavy atom. The third-order valence-corrected chi connectivity index (χ3v) is 4.12. The SMILES string of the molecule is Clc1ncc(CNc2cccc(Cl)c2-n2cccn2)s1. The third kappa shape index (κ3) is 2.80. The molecule has 102 valence electrons. The second kappa shape index (κ2) is 5.83. The molecule has 7 heteroatoms. The molecule has 2 heterocycles. The second-order valence-corrected chi connectivity index (χ2v) is 6.12. The van der Waals surface area contributed by atoms with Crippen molar-refractivity contribution in [2.45, 2.75) is 6.54 Å². The molecule has 1 N–H and O–H groups in total. The highest BCUT2D eigenvalue weighted by molar-refractivity contribution is 7.15. The van der Waals surface area contributed by atoms with Gasteiger partial charge in [-0.2, -0.15) is 5.10 Å². The number of nitrogens with zero attached hydrogens (tertiary/aromatic N) is 3. The van der Waals surface area contributed by atoms with Gasteiger partial charge in [-0.05, 0) is 18.2 Å². The van der Waals surface area contributed by atoms with Gasteiger partial charge in [-0.3, -0.25) is 0 Å². The molecule has 0 bridgehead atoms. The maximum Gasteiger partial charge on any atom is 0.183 e. The van der Waals surface area contributed by atoms with Crippen molar-refractivity contribution >= 4 is 40.2 Å². The molecule has 0 fully saturated rings. The topological polar surface area (TPSA) is 42.7 Å². The number of thiazole rings is 1. The normalized spacial score (nSPS) is 10.7. The maximum absolute atomic E-state index is 6.28. The van der Waals surface area contributed by atoms with Crippen molar-refractivity contribution in [1.82, 2.24) is 14.8 Å². The number of benzene rings is 1. The monoisotopic (exact) mass is 324 g/mol. The molecular formula is C13H10Cl2N4S. The fourth-order valence-corrected chi connectivity index (χ4v) is 3.02. The Kier molecular flexibility index (Phi) is 3.91. The van der Waals surface area contributed by atoms with Gasteiger partial charge in [0.2, 0.25) is 0 Å². The van der Waals surface area contributed by atoms with Crippen molar-refractivity contribution in [2.75, 3.05) is 5.32 Å². The molecule has 3 aromatic rings. The minimum Gasteiger partial charge on any atom is -0.378 e. The Labute approximate surface area is 130 Å². The van der Waals surface area contributed by atoms with Gasteiger partial charge in [0.25, 0.3) is 0 Å². The van der Waals surface area contributed by atoms with Crippen LogP contribution in [0.4, 0.5) is 5.69 Å². The first-order valence-corrected chi connectivity index (χ1v) is 7.44. The van der Waals surface area contributed by atoms with Crippen LogP contribution in [0.25, 0.3) is 5.69 Å². The van der Waals surface area contributed by atoms with Crippen LogP contribution in [-0.2, 0) is 6.54 Å². The summed E-state index contributed by atoms with van der Waals surface area (Å²) in [5.74, 6) is 0. The number of nitrogens with one attached hydrogen (secondary N) is 1. The molecule has 0 aliphatic rings.